The molecular formula is C26H33NO3. The van der Waals surface area contributed by atoms with Crippen LogP contribution in [0.2, 0.25) is 0 Å². The molecule has 2 aromatic rings. The van der Waals surface area contributed by atoms with E-state index in [-0.39, 0.29) is 12.0 Å². The molecule has 1 N–H and O–H groups in total. The van der Waals surface area contributed by atoms with E-state index in [0.717, 1.165) is 55.8 Å². The third-order valence-corrected chi connectivity index (χ3v) is 6.88. The molecule has 1 heterocycles. The molecule has 2 fully saturated rings. The van der Waals surface area contributed by atoms with E-state index in [0.29, 0.717) is 0 Å². The van der Waals surface area contributed by atoms with Crippen molar-refractivity contribution in [2.45, 2.75) is 43.7 Å². The van der Waals surface area contributed by atoms with E-state index in [2.05, 4.69) is 47.4 Å². The van der Waals surface area contributed by atoms with Crippen LogP contribution in [0.1, 0.15) is 49.3 Å². The van der Waals surface area contributed by atoms with Crippen molar-refractivity contribution >= 4 is 6.08 Å². The minimum Gasteiger partial charge on any atom is -0.497 e. The molecule has 0 radical (unpaired) electrons. The third kappa shape index (κ3) is 4.26. The number of hydrogen-bond donors (Lipinski definition) is 1. The summed E-state index contributed by atoms with van der Waals surface area (Å²) < 4.78 is 11.3. The van der Waals surface area contributed by atoms with E-state index in [1.165, 1.54) is 12.0 Å². The standard InChI is InChI=1S/C26H33NO3/c1-29-21-13-14-24(30-2)22(19-21)25-23-12-6-7-15-26(23,28)16-18-27(25)17-8-11-20-9-4-3-5-10-20/h3-5,8-11,13-14,19,23,25,28H,6-7,12,15-18H2,1-2H3/t23-,25+,26+/m1/s1. The maximum absolute atomic E-state index is 11.5. The van der Waals surface area contributed by atoms with E-state index in [9.17, 15) is 5.11 Å². The maximum atomic E-state index is 11.5. The SMILES string of the molecule is COc1ccc(OC)c([C@H]2[C@H]3CCCC[C@]3(O)CCN2CC=Cc2ccccc2)c1. The summed E-state index contributed by atoms with van der Waals surface area (Å²) in [4.78, 5) is 2.50. The van der Waals surface area contributed by atoms with Crippen LogP contribution >= 0.6 is 0 Å². The van der Waals surface area contributed by atoms with Crippen molar-refractivity contribution in [3.8, 4) is 11.5 Å². The fourth-order valence-electron chi connectivity index (χ4n) is 5.32. The van der Waals surface area contributed by atoms with Crippen LogP contribution in [0.25, 0.3) is 6.08 Å². The van der Waals surface area contributed by atoms with Gasteiger partial charge in [0.2, 0.25) is 0 Å². The highest BCUT2D eigenvalue weighted by molar-refractivity contribution is 5.49. The Bertz CT molecular complexity index is 866. The minimum atomic E-state index is -0.587. The molecule has 3 atom stereocenters. The summed E-state index contributed by atoms with van der Waals surface area (Å²) in [6.45, 7) is 1.71. The van der Waals surface area contributed by atoms with Gasteiger partial charge in [0.1, 0.15) is 11.5 Å². The van der Waals surface area contributed by atoms with E-state index in [1.807, 2.05) is 18.2 Å². The lowest BCUT2D eigenvalue weighted by Crippen LogP contribution is -2.54. The first-order valence-electron chi connectivity index (χ1n) is 11.0. The number of ether oxygens (including phenoxy) is 2. The molecule has 1 aliphatic carbocycles. The number of methoxy groups -OCH3 is 2. The zero-order chi connectivity index (χ0) is 21.0. The lowest BCUT2D eigenvalue weighted by Gasteiger charge is -2.52. The number of fused-ring (bicyclic) bond motifs is 1. The summed E-state index contributed by atoms with van der Waals surface area (Å²) in [5.74, 6) is 1.90. The van der Waals surface area contributed by atoms with E-state index < -0.39 is 5.60 Å². The van der Waals surface area contributed by atoms with Gasteiger partial charge in [0.25, 0.3) is 0 Å². The lowest BCUT2D eigenvalue weighted by molar-refractivity contribution is -0.122. The van der Waals surface area contributed by atoms with Crippen LogP contribution in [-0.4, -0.2) is 42.9 Å². The number of aliphatic hydroxyl groups is 1. The molecule has 4 heteroatoms. The lowest BCUT2D eigenvalue weighted by atomic mass is 9.66. The van der Waals surface area contributed by atoms with Crippen molar-refractivity contribution in [2.24, 2.45) is 5.92 Å². The van der Waals surface area contributed by atoms with Crippen LogP contribution in [0.3, 0.4) is 0 Å². The fourth-order valence-corrected chi connectivity index (χ4v) is 5.32. The molecular weight excluding hydrogens is 374 g/mol. The first kappa shape index (κ1) is 21.0. The number of likely N-dealkylation sites (tertiary alicyclic amines) is 1. The van der Waals surface area contributed by atoms with Gasteiger partial charge in [-0.05, 0) is 43.0 Å². The Morgan fingerprint density at radius 2 is 1.90 bits per heavy atom. The number of piperidine rings is 1. The van der Waals surface area contributed by atoms with Crippen molar-refractivity contribution in [1.82, 2.24) is 4.90 Å². The zero-order valence-corrected chi connectivity index (χ0v) is 18.1. The monoisotopic (exact) mass is 407 g/mol. The van der Waals surface area contributed by atoms with Gasteiger partial charge in [-0.3, -0.25) is 4.90 Å². The first-order valence-corrected chi connectivity index (χ1v) is 11.0. The highest BCUT2D eigenvalue weighted by atomic mass is 16.5. The van der Waals surface area contributed by atoms with Crippen molar-refractivity contribution < 1.29 is 14.6 Å². The maximum Gasteiger partial charge on any atom is 0.123 e. The molecule has 1 saturated heterocycles. The Balaban J connectivity index is 1.67. The number of benzene rings is 2. The quantitative estimate of drug-likeness (QED) is 0.725. The Morgan fingerprint density at radius 1 is 1.07 bits per heavy atom. The Labute approximate surface area is 180 Å². The summed E-state index contributed by atoms with van der Waals surface area (Å²) in [6.07, 6.45) is 9.48. The molecule has 4 rings (SSSR count). The van der Waals surface area contributed by atoms with Crippen molar-refractivity contribution in [2.75, 3.05) is 27.3 Å². The Morgan fingerprint density at radius 3 is 2.67 bits per heavy atom. The smallest absolute Gasteiger partial charge is 0.123 e. The highest BCUT2D eigenvalue weighted by Gasteiger charge is 2.49. The molecule has 0 unspecified atom stereocenters. The van der Waals surface area contributed by atoms with Gasteiger partial charge in [-0.2, -0.15) is 0 Å². The topological polar surface area (TPSA) is 41.9 Å². The van der Waals surface area contributed by atoms with Crippen LogP contribution in [-0.2, 0) is 0 Å². The summed E-state index contributed by atoms with van der Waals surface area (Å²) in [6, 6.07) is 16.5. The molecule has 0 spiro atoms. The van der Waals surface area contributed by atoms with Gasteiger partial charge in [0.15, 0.2) is 0 Å². The van der Waals surface area contributed by atoms with Gasteiger partial charge in [0.05, 0.1) is 19.8 Å². The van der Waals surface area contributed by atoms with Crippen molar-refractivity contribution in [1.29, 1.82) is 0 Å². The van der Waals surface area contributed by atoms with Crippen LogP contribution in [0.4, 0.5) is 0 Å². The van der Waals surface area contributed by atoms with Crippen molar-refractivity contribution in [3.05, 3.63) is 65.7 Å². The van der Waals surface area contributed by atoms with Gasteiger partial charge in [-0.15, -0.1) is 0 Å². The number of hydrogen-bond acceptors (Lipinski definition) is 4. The number of rotatable bonds is 6. The molecule has 30 heavy (non-hydrogen) atoms. The predicted molar refractivity (Wildman–Crippen MR) is 121 cm³/mol. The normalized spacial score (nSPS) is 27.0. The van der Waals surface area contributed by atoms with E-state index >= 15 is 0 Å². The fraction of sp³-hybridized carbons (Fsp3) is 0.462. The molecule has 1 aliphatic heterocycles. The molecule has 0 bridgehead atoms. The minimum absolute atomic E-state index is 0.106. The third-order valence-electron chi connectivity index (χ3n) is 6.88. The highest BCUT2D eigenvalue weighted by Crippen LogP contribution is 2.51. The first-order chi connectivity index (χ1) is 14.6. The molecule has 2 aromatic carbocycles. The van der Waals surface area contributed by atoms with Gasteiger partial charge in [0, 0.05) is 30.6 Å². The Kier molecular flexibility index (Phi) is 6.45. The number of nitrogens with zero attached hydrogens (tertiary/aromatic N) is 1. The molecule has 4 nitrogen and oxygen atoms in total. The van der Waals surface area contributed by atoms with E-state index in [4.69, 9.17) is 9.47 Å². The van der Waals surface area contributed by atoms with Crippen molar-refractivity contribution in [3.63, 3.8) is 0 Å². The summed E-state index contributed by atoms with van der Waals surface area (Å²) in [5.41, 5.74) is 1.74. The molecule has 2 aliphatic rings. The van der Waals surface area contributed by atoms with E-state index in [1.54, 1.807) is 14.2 Å². The second kappa shape index (κ2) is 9.23. The molecule has 160 valence electrons. The average molecular weight is 408 g/mol. The van der Waals surface area contributed by atoms with Gasteiger partial charge in [-0.1, -0.05) is 55.3 Å². The van der Waals surface area contributed by atoms with Crippen LogP contribution < -0.4 is 9.47 Å². The largest absolute Gasteiger partial charge is 0.497 e. The van der Waals surface area contributed by atoms with Crippen LogP contribution in [0.5, 0.6) is 11.5 Å². The summed E-state index contributed by atoms with van der Waals surface area (Å²) in [5, 5.41) is 11.5. The van der Waals surface area contributed by atoms with Gasteiger partial charge in [-0.25, -0.2) is 0 Å². The second-order valence-corrected chi connectivity index (χ2v) is 8.57. The van der Waals surface area contributed by atoms with Crippen LogP contribution in [0.15, 0.2) is 54.6 Å². The molecule has 0 amide bonds. The molecule has 1 saturated carbocycles. The van der Waals surface area contributed by atoms with Gasteiger partial charge < -0.3 is 14.6 Å². The average Bonchev–Trinajstić information content (AvgIpc) is 2.79. The van der Waals surface area contributed by atoms with Crippen LogP contribution in [0, 0.1) is 5.92 Å². The predicted octanol–water partition coefficient (Wildman–Crippen LogP) is 5.09. The second-order valence-electron chi connectivity index (χ2n) is 8.57. The van der Waals surface area contributed by atoms with Gasteiger partial charge >= 0.3 is 0 Å². The molecule has 0 aromatic heterocycles. The Hall–Kier alpha value is -2.30. The zero-order valence-electron chi connectivity index (χ0n) is 18.1. The summed E-state index contributed by atoms with van der Waals surface area (Å²) in [7, 11) is 3.42. The summed E-state index contributed by atoms with van der Waals surface area (Å²) >= 11 is 0.